The highest BCUT2D eigenvalue weighted by Gasteiger charge is 2.09. The predicted octanol–water partition coefficient (Wildman–Crippen LogP) is 5.44. The van der Waals surface area contributed by atoms with Crippen LogP contribution < -0.4 is 16.4 Å². The molecule has 0 saturated heterocycles. The van der Waals surface area contributed by atoms with E-state index >= 15 is 0 Å². The molecule has 28 heavy (non-hydrogen) atoms. The van der Waals surface area contributed by atoms with Crippen LogP contribution in [-0.2, 0) is 0 Å². The molecule has 0 bridgehead atoms. The summed E-state index contributed by atoms with van der Waals surface area (Å²) in [6.45, 7) is 1.90. The molecular formula is C23H20N4O. The van der Waals surface area contributed by atoms with Gasteiger partial charge in [-0.15, -0.1) is 0 Å². The lowest BCUT2D eigenvalue weighted by molar-refractivity contribution is 0.262. The zero-order chi connectivity index (χ0) is 19.5. The van der Waals surface area contributed by atoms with Gasteiger partial charge in [0.25, 0.3) is 0 Å². The molecule has 0 aliphatic heterocycles. The van der Waals surface area contributed by atoms with Gasteiger partial charge in [0, 0.05) is 28.0 Å². The Morgan fingerprint density at radius 3 is 2.46 bits per heavy atom. The van der Waals surface area contributed by atoms with Crippen LogP contribution >= 0.6 is 0 Å². The van der Waals surface area contributed by atoms with Gasteiger partial charge in [-0.2, -0.15) is 0 Å². The van der Waals surface area contributed by atoms with Crippen molar-refractivity contribution in [1.82, 2.24) is 4.98 Å². The number of rotatable bonds is 3. The number of urea groups is 1. The van der Waals surface area contributed by atoms with Crippen LogP contribution in [0.2, 0.25) is 0 Å². The van der Waals surface area contributed by atoms with Gasteiger partial charge < -0.3 is 16.4 Å². The number of carbonyl (C=O) groups excluding carboxylic acids is 1. The van der Waals surface area contributed by atoms with Crippen LogP contribution in [-0.4, -0.2) is 11.0 Å². The van der Waals surface area contributed by atoms with Gasteiger partial charge in [-0.3, -0.25) is 4.98 Å². The lowest BCUT2D eigenvalue weighted by Gasteiger charge is -2.13. The van der Waals surface area contributed by atoms with Crippen molar-refractivity contribution in [3.63, 3.8) is 0 Å². The van der Waals surface area contributed by atoms with Gasteiger partial charge in [0.1, 0.15) is 0 Å². The van der Waals surface area contributed by atoms with E-state index in [1.54, 1.807) is 0 Å². The summed E-state index contributed by atoms with van der Waals surface area (Å²) in [5, 5.41) is 6.62. The largest absolute Gasteiger partial charge is 0.398 e. The Kier molecular flexibility index (Phi) is 4.64. The van der Waals surface area contributed by atoms with Gasteiger partial charge in [0.15, 0.2) is 0 Å². The molecule has 0 spiro atoms. The molecule has 0 aliphatic rings. The maximum atomic E-state index is 12.6. The molecule has 1 aromatic heterocycles. The van der Waals surface area contributed by atoms with E-state index in [0.29, 0.717) is 11.4 Å². The van der Waals surface area contributed by atoms with Crippen molar-refractivity contribution in [1.29, 1.82) is 0 Å². The summed E-state index contributed by atoms with van der Waals surface area (Å²) in [5.41, 5.74) is 11.8. The van der Waals surface area contributed by atoms with Crippen LogP contribution in [0, 0.1) is 6.92 Å². The standard InChI is InChI=1S/C23H20N4O/c1-15-13-20(24)19-14-17(11-12-22(19)25-15)26-23(28)27-21-10-6-5-9-18(21)16-7-3-2-4-8-16/h2-14H,1H3,(H2,24,25)(H2,26,27,28). The Morgan fingerprint density at radius 1 is 0.893 bits per heavy atom. The summed E-state index contributed by atoms with van der Waals surface area (Å²) < 4.78 is 0. The summed E-state index contributed by atoms with van der Waals surface area (Å²) in [6.07, 6.45) is 0. The third-order valence-corrected chi connectivity index (χ3v) is 4.49. The molecule has 0 unspecified atom stereocenters. The van der Waals surface area contributed by atoms with Gasteiger partial charge >= 0.3 is 6.03 Å². The SMILES string of the molecule is Cc1cc(N)c2cc(NC(=O)Nc3ccccc3-c3ccccc3)ccc2n1. The van der Waals surface area contributed by atoms with Crippen molar-refractivity contribution in [3.05, 3.63) is 84.6 Å². The fourth-order valence-corrected chi connectivity index (χ4v) is 3.21. The molecule has 5 nitrogen and oxygen atoms in total. The molecule has 4 rings (SSSR count). The average Bonchev–Trinajstić information content (AvgIpc) is 2.69. The number of amides is 2. The number of aromatic nitrogens is 1. The molecule has 138 valence electrons. The van der Waals surface area contributed by atoms with Crippen molar-refractivity contribution in [2.45, 2.75) is 6.92 Å². The van der Waals surface area contributed by atoms with E-state index in [4.69, 9.17) is 5.73 Å². The molecule has 0 radical (unpaired) electrons. The predicted molar refractivity (Wildman–Crippen MR) is 115 cm³/mol. The lowest BCUT2D eigenvalue weighted by atomic mass is 10.0. The van der Waals surface area contributed by atoms with Crippen LogP contribution in [0.4, 0.5) is 21.9 Å². The van der Waals surface area contributed by atoms with E-state index in [1.165, 1.54) is 0 Å². The van der Waals surface area contributed by atoms with E-state index < -0.39 is 0 Å². The normalized spacial score (nSPS) is 10.6. The number of aryl methyl sites for hydroxylation is 1. The van der Waals surface area contributed by atoms with Gasteiger partial charge in [0.05, 0.1) is 11.2 Å². The van der Waals surface area contributed by atoms with Gasteiger partial charge in [-0.05, 0) is 42.8 Å². The summed E-state index contributed by atoms with van der Waals surface area (Å²) in [5.74, 6) is 0. The number of fused-ring (bicyclic) bond motifs is 1. The summed E-state index contributed by atoms with van der Waals surface area (Å²) >= 11 is 0. The van der Waals surface area contributed by atoms with Crippen molar-refractivity contribution in [2.24, 2.45) is 0 Å². The molecule has 0 saturated carbocycles. The number of benzene rings is 3. The van der Waals surface area contributed by atoms with Crippen LogP contribution in [0.5, 0.6) is 0 Å². The summed E-state index contributed by atoms with van der Waals surface area (Å²) in [4.78, 5) is 17.0. The first-order valence-electron chi connectivity index (χ1n) is 8.99. The van der Waals surface area contributed by atoms with Crippen LogP contribution in [0.1, 0.15) is 5.69 Å². The average molecular weight is 368 g/mol. The van der Waals surface area contributed by atoms with Gasteiger partial charge in [-0.1, -0.05) is 48.5 Å². The third-order valence-electron chi connectivity index (χ3n) is 4.49. The van der Waals surface area contributed by atoms with Crippen LogP contribution in [0.25, 0.3) is 22.0 Å². The topological polar surface area (TPSA) is 80.0 Å². The number of nitrogens with one attached hydrogen (secondary N) is 2. The third kappa shape index (κ3) is 3.64. The molecule has 5 heteroatoms. The highest BCUT2D eigenvalue weighted by Crippen LogP contribution is 2.28. The van der Waals surface area contributed by atoms with E-state index in [-0.39, 0.29) is 6.03 Å². The fraction of sp³-hybridized carbons (Fsp3) is 0.0435. The number of anilines is 3. The highest BCUT2D eigenvalue weighted by atomic mass is 16.2. The summed E-state index contributed by atoms with van der Waals surface area (Å²) in [6, 6.07) is 24.7. The van der Waals surface area contributed by atoms with Crippen molar-refractivity contribution >= 4 is 34.0 Å². The maximum absolute atomic E-state index is 12.6. The Bertz CT molecular complexity index is 1160. The molecule has 3 aromatic carbocycles. The smallest absolute Gasteiger partial charge is 0.323 e. The fourth-order valence-electron chi connectivity index (χ4n) is 3.21. The molecular weight excluding hydrogens is 348 g/mol. The van der Waals surface area contributed by atoms with Crippen LogP contribution in [0.15, 0.2) is 78.9 Å². The van der Waals surface area contributed by atoms with E-state index in [0.717, 1.165) is 33.4 Å². The lowest BCUT2D eigenvalue weighted by Crippen LogP contribution is -2.19. The highest BCUT2D eigenvalue weighted by molar-refractivity contribution is 6.04. The Balaban J connectivity index is 1.57. The molecule has 2 amide bonds. The van der Waals surface area contributed by atoms with Gasteiger partial charge in [0.2, 0.25) is 0 Å². The van der Waals surface area contributed by atoms with Crippen molar-refractivity contribution < 1.29 is 4.79 Å². The minimum atomic E-state index is -0.318. The number of pyridine rings is 1. The zero-order valence-electron chi connectivity index (χ0n) is 15.4. The molecule has 1 heterocycles. The van der Waals surface area contributed by atoms with E-state index in [9.17, 15) is 4.79 Å². The molecule has 0 atom stereocenters. The minimum absolute atomic E-state index is 0.318. The van der Waals surface area contributed by atoms with Crippen LogP contribution in [0.3, 0.4) is 0 Å². The molecule has 0 aliphatic carbocycles. The monoisotopic (exact) mass is 368 g/mol. The second-order valence-corrected chi connectivity index (χ2v) is 6.58. The minimum Gasteiger partial charge on any atom is -0.398 e. The Morgan fingerprint density at radius 2 is 1.64 bits per heavy atom. The number of hydrogen-bond acceptors (Lipinski definition) is 3. The van der Waals surface area contributed by atoms with E-state index in [2.05, 4.69) is 15.6 Å². The Hall–Kier alpha value is -3.86. The first kappa shape index (κ1) is 17.5. The second-order valence-electron chi connectivity index (χ2n) is 6.58. The number of nitrogens with zero attached hydrogens (tertiary/aromatic N) is 1. The summed E-state index contributed by atoms with van der Waals surface area (Å²) in [7, 11) is 0. The van der Waals surface area contributed by atoms with Gasteiger partial charge in [-0.25, -0.2) is 4.79 Å². The number of para-hydroxylation sites is 1. The van der Waals surface area contributed by atoms with Crippen molar-refractivity contribution in [2.75, 3.05) is 16.4 Å². The molecule has 4 aromatic rings. The zero-order valence-corrected chi connectivity index (χ0v) is 15.4. The number of hydrogen-bond donors (Lipinski definition) is 3. The second kappa shape index (κ2) is 7.40. The first-order valence-corrected chi connectivity index (χ1v) is 8.99. The number of nitrogens with two attached hydrogens (primary N) is 1. The first-order chi connectivity index (χ1) is 13.6. The number of nitrogen functional groups attached to an aromatic ring is 1. The molecule has 0 fully saturated rings. The Labute approximate surface area is 163 Å². The van der Waals surface area contributed by atoms with E-state index in [1.807, 2.05) is 85.8 Å². The number of carbonyl (C=O) groups is 1. The van der Waals surface area contributed by atoms with Crippen molar-refractivity contribution in [3.8, 4) is 11.1 Å². The quantitative estimate of drug-likeness (QED) is 0.451. The molecule has 4 N–H and O–H groups in total. The maximum Gasteiger partial charge on any atom is 0.323 e.